The quantitative estimate of drug-likeness (QED) is 0.0262. The van der Waals surface area contributed by atoms with E-state index in [0.29, 0.717) is 12.8 Å². The van der Waals surface area contributed by atoms with Gasteiger partial charge >= 0.3 is 11.9 Å². The Morgan fingerprint density at radius 3 is 1.34 bits per heavy atom. The predicted octanol–water partition coefficient (Wildman–Crippen LogP) is 11.6. The fourth-order valence-electron chi connectivity index (χ4n) is 6.59. The highest BCUT2D eigenvalue weighted by Gasteiger charge is 2.25. The van der Waals surface area contributed by atoms with Gasteiger partial charge in [0.2, 0.25) is 0 Å². The van der Waals surface area contributed by atoms with Crippen molar-refractivity contribution in [2.24, 2.45) is 0 Å². The number of aliphatic carboxylic acids is 1. The number of carboxylic acid groups (broad SMARTS) is 1. The highest BCUT2D eigenvalue weighted by atomic mass is 16.6. The van der Waals surface area contributed by atoms with Crippen LogP contribution in [-0.2, 0) is 28.6 Å². The van der Waals surface area contributed by atoms with Crippen LogP contribution in [0.25, 0.3) is 0 Å². The maximum absolute atomic E-state index is 12.7. The zero-order valence-electron chi connectivity index (χ0n) is 37.9. The first-order chi connectivity index (χ1) is 28.1. The molecule has 0 fully saturated rings. The number of allylic oxidation sites excluding steroid dienone is 10. The zero-order valence-corrected chi connectivity index (χ0v) is 37.9. The van der Waals surface area contributed by atoms with E-state index in [9.17, 15) is 19.5 Å². The van der Waals surface area contributed by atoms with E-state index in [-0.39, 0.29) is 42.7 Å². The Morgan fingerprint density at radius 1 is 0.517 bits per heavy atom. The van der Waals surface area contributed by atoms with E-state index in [1.165, 1.54) is 77.0 Å². The van der Waals surface area contributed by atoms with Crippen LogP contribution in [0.5, 0.6) is 0 Å². The molecule has 0 aromatic rings. The minimum absolute atomic E-state index is 0.0348. The Hall–Kier alpha value is -2.97. The van der Waals surface area contributed by atoms with Gasteiger partial charge in [-0.2, -0.15) is 0 Å². The molecule has 0 aliphatic rings. The molecule has 0 rings (SSSR count). The number of hydrogen-bond donors (Lipinski definition) is 0. The summed E-state index contributed by atoms with van der Waals surface area (Å²) in [4.78, 5) is 36.9. The van der Waals surface area contributed by atoms with Crippen molar-refractivity contribution < 1.29 is 38.2 Å². The Labute approximate surface area is 356 Å². The summed E-state index contributed by atoms with van der Waals surface area (Å²) in [6.45, 7) is 4.44. The first-order valence-corrected chi connectivity index (χ1v) is 23.3. The van der Waals surface area contributed by atoms with Crippen LogP contribution in [0.4, 0.5) is 0 Å². The van der Waals surface area contributed by atoms with Gasteiger partial charge < -0.3 is 28.6 Å². The van der Waals surface area contributed by atoms with E-state index >= 15 is 0 Å². The van der Waals surface area contributed by atoms with E-state index in [2.05, 4.69) is 74.6 Å². The summed E-state index contributed by atoms with van der Waals surface area (Å²) < 4.78 is 17.2. The lowest BCUT2D eigenvalue weighted by Gasteiger charge is -2.34. The maximum Gasteiger partial charge on any atom is 0.306 e. The Bertz CT molecular complexity index is 1130. The van der Waals surface area contributed by atoms with Gasteiger partial charge in [-0.05, 0) is 70.6 Å². The molecule has 0 saturated heterocycles. The highest BCUT2D eigenvalue weighted by molar-refractivity contribution is 5.70. The summed E-state index contributed by atoms with van der Waals surface area (Å²) in [6.07, 6.45) is 49.6. The van der Waals surface area contributed by atoms with Gasteiger partial charge in [-0.15, -0.1) is 0 Å². The summed E-state index contributed by atoms with van der Waals surface area (Å²) in [7, 11) is 5.40. The number of rotatable bonds is 41. The fraction of sp³-hybridized carbons (Fsp3) is 0.740. The molecule has 2 unspecified atom stereocenters. The van der Waals surface area contributed by atoms with Crippen LogP contribution in [0, 0.1) is 0 Å². The van der Waals surface area contributed by atoms with E-state index in [0.717, 1.165) is 77.0 Å². The van der Waals surface area contributed by atoms with Crippen LogP contribution in [-0.4, -0.2) is 75.5 Å². The average molecular weight is 814 g/mol. The molecule has 8 heteroatoms. The Balaban J connectivity index is 4.28. The second-order valence-electron chi connectivity index (χ2n) is 16.6. The van der Waals surface area contributed by atoms with Crippen LogP contribution >= 0.6 is 0 Å². The third-order valence-corrected chi connectivity index (χ3v) is 10.1. The van der Waals surface area contributed by atoms with Gasteiger partial charge in [-0.25, -0.2) is 0 Å². The van der Waals surface area contributed by atoms with Crippen molar-refractivity contribution in [3.05, 3.63) is 60.8 Å². The molecule has 8 nitrogen and oxygen atoms in total. The number of hydrogen-bond acceptors (Lipinski definition) is 7. The molecule has 2 atom stereocenters. The van der Waals surface area contributed by atoms with Crippen molar-refractivity contribution in [2.75, 3.05) is 41.0 Å². The topological polar surface area (TPSA) is 102 Å². The number of nitrogens with zero attached hydrogens (tertiary/aromatic N) is 1. The number of unbranched alkanes of at least 4 members (excludes halogenated alkanes) is 17. The minimum Gasteiger partial charge on any atom is -0.544 e. The molecule has 0 aromatic carbocycles. The molecule has 0 heterocycles. The molecular formula is C50H87NO7. The third-order valence-electron chi connectivity index (χ3n) is 10.1. The van der Waals surface area contributed by atoms with Crippen molar-refractivity contribution in [3.8, 4) is 0 Å². The van der Waals surface area contributed by atoms with Crippen LogP contribution < -0.4 is 5.11 Å². The predicted molar refractivity (Wildman–Crippen MR) is 240 cm³/mol. The number of esters is 2. The van der Waals surface area contributed by atoms with Crippen molar-refractivity contribution in [1.29, 1.82) is 0 Å². The minimum atomic E-state index is -1.13. The molecule has 334 valence electrons. The molecule has 0 amide bonds. The number of quaternary nitrogens is 1. The molecule has 0 aromatic heterocycles. The SMILES string of the molecule is CC/C=C/C/C=C/C/C=C/CCCCCCCCCCCCC(=O)OCC(COCCC(C(=O)[O-])[N+](C)(C)C)OC(=O)CCCCCCCCC/C=C/C/C=C/CC. The number of carbonyl (C=O) groups excluding carboxylic acids is 3. The van der Waals surface area contributed by atoms with Crippen molar-refractivity contribution in [1.82, 2.24) is 0 Å². The monoisotopic (exact) mass is 814 g/mol. The van der Waals surface area contributed by atoms with Crippen LogP contribution in [0.2, 0.25) is 0 Å². The fourth-order valence-corrected chi connectivity index (χ4v) is 6.59. The van der Waals surface area contributed by atoms with Gasteiger partial charge in [0.1, 0.15) is 12.6 Å². The van der Waals surface area contributed by atoms with Gasteiger partial charge in [0, 0.05) is 19.3 Å². The van der Waals surface area contributed by atoms with E-state index in [1.54, 1.807) is 21.1 Å². The molecule has 0 N–H and O–H groups in total. The van der Waals surface area contributed by atoms with Crippen LogP contribution in [0.3, 0.4) is 0 Å². The lowest BCUT2D eigenvalue weighted by atomic mass is 10.1. The molecule has 0 saturated carbocycles. The molecule has 0 bridgehead atoms. The normalized spacial score (nSPS) is 13.5. The summed E-state index contributed by atoms with van der Waals surface area (Å²) in [6, 6.07) is -0.729. The highest BCUT2D eigenvalue weighted by Crippen LogP contribution is 2.14. The van der Waals surface area contributed by atoms with Gasteiger partial charge in [-0.3, -0.25) is 9.59 Å². The molecule has 0 aliphatic carbocycles. The van der Waals surface area contributed by atoms with Crippen molar-refractivity contribution in [2.45, 2.75) is 199 Å². The molecule has 0 radical (unpaired) electrons. The van der Waals surface area contributed by atoms with Crippen LogP contribution in [0.15, 0.2) is 60.8 Å². The van der Waals surface area contributed by atoms with Gasteiger partial charge in [0.25, 0.3) is 0 Å². The van der Waals surface area contributed by atoms with Crippen molar-refractivity contribution >= 4 is 17.9 Å². The Kier molecular flexibility index (Phi) is 38.7. The number of carbonyl (C=O) groups is 3. The molecule has 0 spiro atoms. The van der Waals surface area contributed by atoms with Crippen molar-refractivity contribution in [3.63, 3.8) is 0 Å². The van der Waals surface area contributed by atoms with Gasteiger partial charge in [0.15, 0.2) is 6.10 Å². The average Bonchev–Trinajstić information content (AvgIpc) is 3.18. The van der Waals surface area contributed by atoms with E-state index in [4.69, 9.17) is 14.2 Å². The third kappa shape index (κ3) is 38.5. The number of carboxylic acids is 1. The second-order valence-corrected chi connectivity index (χ2v) is 16.6. The molecular weight excluding hydrogens is 727 g/mol. The summed E-state index contributed by atoms with van der Waals surface area (Å²) in [5.41, 5.74) is 0. The largest absolute Gasteiger partial charge is 0.544 e. The number of likely N-dealkylation sites (N-methyl/N-ethyl adjacent to an activating group) is 1. The second kappa shape index (κ2) is 40.8. The first kappa shape index (κ1) is 55.0. The van der Waals surface area contributed by atoms with Crippen LogP contribution in [0.1, 0.15) is 187 Å². The lowest BCUT2D eigenvalue weighted by Crippen LogP contribution is -2.55. The maximum atomic E-state index is 12.7. The smallest absolute Gasteiger partial charge is 0.306 e. The number of ether oxygens (including phenoxy) is 3. The molecule has 58 heavy (non-hydrogen) atoms. The summed E-state index contributed by atoms with van der Waals surface area (Å²) in [5.74, 6) is -1.75. The Morgan fingerprint density at radius 2 is 0.914 bits per heavy atom. The molecule has 0 aliphatic heterocycles. The summed E-state index contributed by atoms with van der Waals surface area (Å²) >= 11 is 0. The first-order valence-electron chi connectivity index (χ1n) is 23.3. The standard InChI is InChI=1S/C50H87NO7/c1-6-8-10-12-14-16-18-20-22-23-24-25-26-27-29-30-32-34-36-38-40-48(52)57-45-46(44-56-43-42-47(50(54)55)51(3,4)5)58-49(53)41-39-37-35-33-31-28-21-19-17-15-13-11-9-7-2/h8-11,14-17,20,22,46-47H,6-7,12-13,18-19,21,23-45H2,1-5H3/b10-8+,11-9+,16-14+,17-15+,22-20+. The lowest BCUT2D eigenvalue weighted by molar-refractivity contribution is -0.889. The van der Waals surface area contributed by atoms with E-state index < -0.39 is 18.1 Å². The van der Waals surface area contributed by atoms with Gasteiger partial charge in [-0.1, -0.05) is 158 Å². The van der Waals surface area contributed by atoms with Gasteiger partial charge in [0.05, 0.1) is 40.3 Å². The zero-order chi connectivity index (χ0) is 42.8. The van der Waals surface area contributed by atoms with E-state index in [1.807, 2.05) is 0 Å². The summed E-state index contributed by atoms with van der Waals surface area (Å²) in [5, 5.41) is 11.6.